The number of nitrogens with one attached hydrogen (secondary N) is 2. The van der Waals surface area contributed by atoms with E-state index in [0.29, 0.717) is 18.9 Å². The molecule has 1 unspecified atom stereocenters. The fourth-order valence-corrected chi connectivity index (χ4v) is 3.58. The van der Waals surface area contributed by atoms with Crippen LogP contribution in [0.1, 0.15) is 12.1 Å². The molecule has 140 valence electrons. The summed E-state index contributed by atoms with van der Waals surface area (Å²) in [7, 11) is 5.70. The van der Waals surface area contributed by atoms with E-state index in [4.69, 9.17) is 0 Å². The lowest BCUT2D eigenvalue weighted by Crippen LogP contribution is -2.44. The molecule has 1 fully saturated rings. The Morgan fingerprint density at radius 2 is 2.35 bits per heavy atom. The highest BCUT2D eigenvalue weighted by atomic mass is 32.1. The fraction of sp³-hybridized carbons (Fsp3) is 0.471. The van der Waals surface area contributed by atoms with Crippen LogP contribution in [-0.4, -0.2) is 56.2 Å². The van der Waals surface area contributed by atoms with Crippen molar-refractivity contribution >= 4 is 28.2 Å². The standard InChI is InChI=1S/C17H24FN7S/c1-19-16(21-9-13-11-26-17(23-13)24(2)3)22-12-6-8-25(10-12)15-14(18)5-4-7-20-15/h4-5,7,11-12H,6,8-10H2,1-3H3,(H2,19,21,22). The molecule has 1 saturated heterocycles. The molecule has 2 aromatic heterocycles. The van der Waals surface area contributed by atoms with E-state index >= 15 is 0 Å². The summed E-state index contributed by atoms with van der Waals surface area (Å²) in [6.45, 7) is 2.06. The van der Waals surface area contributed by atoms with Crippen molar-refractivity contribution in [1.82, 2.24) is 20.6 Å². The van der Waals surface area contributed by atoms with Crippen molar-refractivity contribution < 1.29 is 4.39 Å². The van der Waals surface area contributed by atoms with Crippen LogP contribution in [0.3, 0.4) is 0 Å². The molecule has 1 atom stereocenters. The number of anilines is 2. The maximum atomic E-state index is 13.9. The van der Waals surface area contributed by atoms with Gasteiger partial charge >= 0.3 is 0 Å². The van der Waals surface area contributed by atoms with Crippen LogP contribution in [0.2, 0.25) is 0 Å². The van der Waals surface area contributed by atoms with Crippen molar-refractivity contribution in [2.24, 2.45) is 4.99 Å². The molecule has 2 N–H and O–H groups in total. The second-order valence-corrected chi connectivity index (χ2v) is 7.16. The fourth-order valence-electron chi connectivity index (χ4n) is 2.83. The van der Waals surface area contributed by atoms with Gasteiger partial charge in [-0.3, -0.25) is 4.99 Å². The maximum Gasteiger partial charge on any atom is 0.191 e. The molecule has 0 amide bonds. The zero-order chi connectivity index (χ0) is 18.5. The first-order valence-electron chi connectivity index (χ1n) is 8.51. The largest absolute Gasteiger partial charge is 0.354 e. The van der Waals surface area contributed by atoms with Crippen LogP contribution in [-0.2, 0) is 6.54 Å². The Morgan fingerprint density at radius 3 is 3.04 bits per heavy atom. The molecule has 7 nitrogen and oxygen atoms in total. The predicted molar refractivity (Wildman–Crippen MR) is 105 cm³/mol. The quantitative estimate of drug-likeness (QED) is 0.611. The number of hydrogen-bond donors (Lipinski definition) is 2. The first kappa shape index (κ1) is 18.4. The van der Waals surface area contributed by atoms with Gasteiger partial charge in [0.1, 0.15) is 0 Å². The molecule has 3 heterocycles. The first-order chi connectivity index (χ1) is 12.6. The number of halogens is 1. The Balaban J connectivity index is 1.52. The van der Waals surface area contributed by atoms with Crippen LogP contribution in [0.15, 0.2) is 28.7 Å². The minimum atomic E-state index is -0.282. The normalized spacial score (nSPS) is 17.5. The molecule has 3 rings (SSSR count). The molecule has 2 aromatic rings. The second kappa shape index (κ2) is 8.31. The van der Waals surface area contributed by atoms with Crippen molar-refractivity contribution in [2.45, 2.75) is 19.0 Å². The number of nitrogens with zero attached hydrogens (tertiary/aromatic N) is 5. The monoisotopic (exact) mass is 377 g/mol. The van der Waals surface area contributed by atoms with Gasteiger partial charge < -0.3 is 20.4 Å². The van der Waals surface area contributed by atoms with Crippen LogP contribution in [0.5, 0.6) is 0 Å². The van der Waals surface area contributed by atoms with Gasteiger partial charge in [0, 0.05) is 51.9 Å². The van der Waals surface area contributed by atoms with Crippen LogP contribution in [0.4, 0.5) is 15.3 Å². The zero-order valence-corrected chi connectivity index (χ0v) is 16.1. The van der Waals surface area contributed by atoms with Crippen molar-refractivity contribution in [3.05, 3.63) is 35.2 Å². The van der Waals surface area contributed by atoms with Crippen molar-refractivity contribution in [2.75, 3.05) is 44.0 Å². The maximum absolute atomic E-state index is 13.9. The number of aromatic nitrogens is 2. The van der Waals surface area contributed by atoms with Gasteiger partial charge in [-0.2, -0.15) is 0 Å². The van der Waals surface area contributed by atoms with Crippen LogP contribution >= 0.6 is 11.3 Å². The van der Waals surface area contributed by atoms with Crippen molar-refractivity contribution in [3.8, 4) is 0 Å². The molecule has 0 aromatic carbocycles. The summed E-state index contributed by atoms with van der Waals surface area (Å²) in [5.74, 6) is 0.854. The number of hydrogen-bond acceptors (Lipinski definition) is 6. The van der Waals surface area contributed by atoms with Gasteiger partial charge in [-0.1, -0.05) is 0 Å². The highest BCUT2D eigenvalue weighted by Gasteiger charge is 2.25. The lowest BCUT2D eigenvalue weighted by atomic mass is 10.3. The Kier molecular flexibility index (Phi) is 5.87. The predicted octanol–water partition coefficient (Wildman–Crippen LogP) is 1.69. The minimum absolute atomic E-state index is 0.190. The Morgan fingerprint density at radius 1 is 1.50 bits per heavy atom. The topological polar surface area (TPSA) is 68.7 Å². The van der Waals surface area contributed by atoms with Gasteiger partial charge in [-0.15, -0.1) is 11.3 Å². The van der Waals surface area contributed by atoms with E-state index in [-0.39, 0.29) is 11.9 Å². The van der Waals surface area contributed by atoms with Crippen molar-refractivity contribution in [1.29, 1.82) is 0 Å². The van der Waals surface area contributed by atoms with E-state index < -0.39 is 0 Å². The molecular formula is C17H24FN7S. The van der Waals surface area contributed by atoms with Crippen LogP contribution in [0.25, 0.3) is 0 Å². The summed E-state index contributed by atoms with van der Waals surface area (Å²) in [6, 6.07) is 3.24. The average Bonchev–Trinajstić information content (AvgIpc) is 3.28. The lowest BCUT2D eigenvalue weighted by Gasteiger charge is -2.19. The SMILES string of the molecule is CN=C(NCc1csc(N(C)C)n1)NC1CCN(c2ncccc2F)C1. The summed E-state index contributed by atoms with van der Waals surface area (Å²) in [4.78, 5) is 16.9. The van der Waals surface area contributed by atoms with Gasteiger partial charge in [-0.05, 0) is 18.6 Å². The van der Waals surface area contributed by atoms with Crippen LogP contribution < -0.4 is 20.4 Å². The van der Waals surface area contributed by atoms with Gasteiger partial charge in [0.05, 0.1) is 12.2 Å². The highest BCUT2D eigenvalue weighted by Crippen LogP contribution is 2.21. The average molecular weight is 377 g/mol. The Hall–Kier alpha value is -2.42. The molecule has 9 heteroatoms. The molecule has 0 radical (unpaired) electrons. The smallest absolute Gasteiger partial charge is 0.191 e. The lowest BCUT2D eigenvalue weighted by molar-refractivity contribution is 0.612. The molecule has 0 aliphatic carbocycles. The summed E-state index contributed by atoms with van der Waals surface area (Å²) in [6.07, 6.45) is 2.52. The van der Waals surface area contributed by atoms with Gasteiger partial charge in [0.2, 0.25) is 0 Å². The van der Waals surface area contributed by atoms with E-state index in [1.165, 1.54) is 6.07 Å². The molecule has 26 heavy (non-hydrogen) atoms. The third-order valence-corrected chi connectivity index (χ3v) is 5.21. The second-order valence-electron chi connectivity index (χ2n) is 6.33. The Bertz CT molecular complexity index is 761. The number of guanidine groups is 1. The summed E-state index contributed by atoms with van der Waals surface area (Å²) in [5.41, 5.74) is 0.977. The van der Waals surface area contributed by atoms with Crippen LogP contribution in [0, 0.1) is 5.82 Å². The third-order valence-electron chi connectivity index (χ3n) is 4.15. The zero-order valence-electron chi connectivity index (χ0n) is 15.2. The third kappa shape index (κ3) is 4.40. The number of pyridine rings is 1. The molecular weight excluding hydrogens is 353 g/mol. The first-order valence-corrected chi connectivity index (χ1v) is 9.39. The molecule has 1 aliphatic heterocycles. The number of rotatable bonds is 5. The van der Waals surface area contributed by atoms with E-state index in [1.54, 1.807) is 30.6 Å². The molecule has 0 spiro atoms. The highest BCUT2D eigenvalue weighted by molar-refractivity contribution is 7.13. The molecule has 0 bridgehead atoms. The minimum Gasteiger partial charge on any atom is -0.354 e. The summed E-state index contributed by atoms with van der Waals surface area (Å²) >= 11 is 1.61. The number of aliphatic imine (C=N–C) groups is 1. The molecule has 1 aliphatic rings. The van der Waals surface area contributed by atoms with E-state index in [2.05, 4.69) is 25.6 Å². The Labute approximate surface area is 157 Å². The summed E-state index contributed by atoms with van der Waals surface area (Å²) < 4.78 is 13.9. The van der Waals surface area contributed by atoms with Gasteiger partial charge in [0.25, 0.3) is 0 Å². The van der Waals surface area contributed by atoms with E-state index in [0.717, 1.165) is 29.8 Å². The summed E-state index contributed by atoms with van der Waals surface area (Å²) in [5, 5.41) is 9.70. The van der Waals surface area contributed by atoms with Gasteiger partial charge in [-0.25, -0.2) is 14.4 Å². The molecule has 0 saturated carbocycles. The van der Waals surface area contributed by atoms with E-state index in [1.807, 2.05) is 29.3 Å². The number of thiazole rings is 1. The van der Waals surface area contributed by atoms with Gasteiger partial charge in [0.15, 0.2) is 22.7 Å². The van der Waals surface area contributed by atoms with Crippen molar-refractivity contribution in [3.63, 3.8) is 0 Å². The van der Waals surface area contributed by atoms with E-state index in [9.17, 15) is 4.39 Å².